The number of ether oxygens (including phenoxy) is 1. The minimum atomic E-state index is -1.47. The lowest BCUT2D eigenvalue weighted by Gasteiger charge is -2.13. The summed E-state index contributed by atoms with van der Waals surface area (Å²) < 4.78 is 34.1. The Bertz CT molecular complexity index is 1030. The Morgan fingerprint density at radius 2 is 1.88 bits per heavy atom. The van der Waals surface area contributed by atoms with E-state index in [0.29, 0.717) is 11.8 Å². The van der Waals surface area contributed by atoms with Gasteiger partial charge in [0.2, 0.25) is 5.43 Å². The second kappa shape index (κ2) is 6.35. The predicted octanol–water partition coefficient (Wildman–Crippen LogP) is 3.03. The molecule has 7 heteroatoms. The summed E-state index contributed by atoms with van der Waals surface area (Å²) in [5, 5.41) is 8.75. The average molecular weight is 345 g/mol. The molecule has 0 unspecified atom stereocenters. The lowest BCUT2D eigenvalue weighted by molar-refractivity contribution is 0.0695. The fraction of sp³-hybridized carbons (Fsp3) is 0.111. The average Bonchev–Trinajstić information content (AvgIpc) is 2.57. The lowest BCUT2D eigenvalue weighted by atomic mass is 10.1. The van der Waals surface area contributed by atoms with E-state index >= 15 is 0 Å². The van der Waals surface area contributed by atoms with Crippen LogP contribution >= 0.6 is 0 Å². The SMILES string of the molecule is COc1ccc(Cn2cc(C(=O)O)c(=O)c3c(F)cc(F)cc32)cc1. The van der Waals surface area contributed by atoms with Gasteiger partial charge in [0, 0.05) is 18.8 Å². The van der Waals surface area contributed by atoms with E-state index in [4.69, 9.17) is 4.74 Å². The number of hydrogen-bond donors (Lipinski definition) is 1. The molecule has 0 aliphatic rings. The Morgan fingerprint density at radius 3 is 2.48 bits per heavy atom. The monoisotopic (exact) mass is 345 g/mol. The van der Waals surface area contributed by atoms with Gasteiger partial charge in [0.05, 0.1) is 18.0 Å². The highest BCUT2D eigenvalue weighted by atomic mass is 19.1. The standard InChI is InChI=1S/C18H13F2NO4/c1-25-12-4-2-10(3-5-12)8-21-9-13(18(23)24)17(22)16-14(20)6-11(19)7-15(16)21/h2-7,9H,8H2,1H3,(H,23,24). The van der Waals surface area contributed by atoms with Crippen molar-refractivity contribution in [3.8, 4) is 5.75 Å². The van der Waals surface area contributed by atoms with Crippen LogP contribution in [-0.4, -0.2) is 22.8 Å². The van der Waals surface area contributed by atoms with E-state index in [2.05, 4.69) is 0 Å². The fourth-order valence-corrected chi connectivity index (χ4v) is 2.64. The summed E-state index contributed by atoms with van der Waals surface area (Å²) in [4.78, 5) is 23.5. The Kier molecular flexibility index (Phi) is 4.22. The number of aromatic nitrogens is 1. The molecular formula is C18H13F2NO4. The molecule has 0 amide bonds. The molecule has 3 aromatic rings. The summed E-state index contributed by atoms with van der Waals surface area (Å²) >= 11 is 0. The van der Waals surface area contributed by atoms with Crippen molar-refractivity contribution in [1.29, 1.82) is 0 Å². The zero-order valence-corrected chi connectivity index (χ0v) is 13.1. The topological polar surface area (TPSA) is 68.5 Å². The predicted molar refractivity (Wildman–Crippen MR) is 87.2 cm³/mol. The van der Waals surface area contributed by atoms with E-state index in [1.807, 2.05) is 0 Å². The maximum Gasteiger partial charge on any atom is 0.341 e. The van der Waals surface area contributed by atoms with Crippen LogP contribution in [0.15, 0.2) is 47.4 Å². The number of fused-ring (bicyclic) bond motifs is 1. The van der Waals surface area contributed by atoms with Gasteiger partial charge in [-0.1, -0.05) is 12.1 Å². The normalized spacial score (nSPS) is 10.8. The van der Waals surface area contributed by atoms with Crippen LogP contribution in [-0.2, 0) is 6.54 Å². The van der Waals surface area contributed by atoms with Crippen LogP contribution < -0.4 is 10.2 Å². The first kappa shape index (κ1) is 16.6. The summed E-state index contributed by atoms with van der Waals surface area (Å²) in [6, 6.07) is 8.46. The molecule has 0 fully saturated rings. The van der Waals surface area contributed by atoms with Gasteiger partial charge in [-0.25, -0.2) is 13.6 Å². The van der Waals surface area contributed by atoms with Crippen molar-refractivity contribution in [3.05, 3.63) is 75.6 Å². The molecule has 2 aromatic carbocycles. The Labute approximate surface area is 140 Å². The molecule has 0 aliphatic heterocycles. The van der Waals surface area contributed by atoms with E-state index in [1.165, 1.54) is 11.7 Å². The van der Waals surface area contributed by atoms with Crippen molar-refractivity contribution in [2.45, 2.75) is 6.54 Å². The Morgan fingerprint density at radius 1 is 1.20 bits per heavy atom. The van der Waals surface area contributed by atoms with Crippen LogP contribution in [0.3, 0.4) is 0 Å². The maximum atomic E-state index is 14.1. The van der Waals surface area contributed by atoms with Crippen molar-refractivity contribution < 1.29 is 23.4 Å². The summed E-state index contributed by atoms with van der Waals surface area (Å²) in [7, 11) is 1.52. The van der Waals surface area contributed by atoms with Gasteiger partial charge in [-0.3, -0.25) is 4.79 Å². The largest absolute Gasteiger partial charge is 0.497 e. The number of methoxy groups -OCH3 is 1. The second-order valence-corrected chi connectivity index (χ2v) is 5.43. The first-order valence-electron chi connectivity index (χ1n) is 7.29. The van der Waals surface area contributed by atoms with Crippen LogP contribution in [0.2, 0.25) is 0 Å². The summed E-state index contributed by atoms with van der Waals surface area (Å²) in [5.74, 6) is -2.78. The first-order valence-corrected chi connectivity index (χ1v) is 7.29. The molecule has 0 spiro atoms. The fourth-order valence-electron chi connectivity index (χ4n) is 2.64. The van der Waals surface area contributed by atoms with Gasteiger partial charge >= 0.3 is 5.97 Å². The summed E-state index contributed by atoms with van der Waals surface area (Å²) in [6.07, 6.45) is 1.09. The number of pyridine rings is 1. The van der Waals surface area contributed by atoms with Crippen LogP contribution in [0, 0.1) is 11.6 Å². The molecule has 0 atom stereocenters. The summed E-state index contributed by atoms with van der Waals surface area (Å²) in [5.41, 5.74) is -0.826. The minimum absolute atomic E-state index is 0.0108. The van der Waals surface area contributed by atoms with Gasteiger partial charge in [0.25, 0.3) is 0 Å². The quantitative estimate of drug-likeness (QED) is 0.789. The smallest absolute Gasteiger partial charge is 0.341 e. The second-order valence-electron chi connectivity index (χ2n) is 5.43. The maximum absolute atomic E-state index is 14.1. The van der Waals surface area contributed by atoms with Gasteiger partial charge in [0.15, 0.2) is 0 Å². The molecule has 0 bridgehead atoms. The number of halogens is 2. The van der Waals surface area contributed by atoms with E-state index < -0.39 is 34.0 Å². The number of carbonyl (C=O) groups is 1. The van der Waals surface area contributed by atoms with Gasteiger partial charge in [-0.15, -0.1) is 0 Å². The highest BCUT2D eigenvalue weighted by Gasteiger charge is 2.18. The number of carboxylic acid groups (broad SMARTS) is 1. The van der Waals surface area contributed by atoms with Crippen LogP contribution in [0.4, 0.5) is 8.78 Å². The molecule has 25 heavy (non-hydrogen) atoms. The number of rotatable bonds is 4. The highest BCUT2D eigenvalue weighted by Crippen LogP contribution is 2.20. The van der Waals surface area contributed by atoms with Gasteiger partial charge in [-0.2, -0.15) is 0 Å². The molecule has 0 aliphatic carbocycles. The highest BCUT2D eigenvalue weighted by molar-refractivity contribution is 5.92. The van der Waals surface area contributed by atoms with Gasteiger partial charge < -0.3 is 14.4 Å². The minimum Gasteiger partial charge on any atom is -0.497 e. The van der Waals surface area contributed by atoms with Crippen molar-refractivity contribution in [1.82, 2.24) is 4.57 Å². The van der Waals surface area contributed by atoms with Crippen molar-refractivity contribution in [2.24, 2.45) is 0 Å². The third-order valence-corrected chi connectivity index (χ3v) is 3.84. The number of benzene rings is 2. The first-order chi connectivity index (χ1) is 11.9. The molecule has 0 saturated carbocycles. The number of aromatic carboxylic acids is 1. The zero-order valence-electron chi connectivity index (χ0n) is 13.1. The molecule has 0 radical (unpaired) electrons. The lowest BCUT2D eigenvalue weighted by Crippen LogP contribution is -2.20. The third-order valence-electron chi connectivity index (χ3n) is 3.84. The Balaban J connectivity index is 2.23. The van der Waals surface area contributed by atoms with Crippen LogP contribution in [0.1, 0.15) is 15.9 Å². The van der Waals surface area contributed by atoms with Crippen molar-refractivity contribution in [3.63, 3.8) is 0 Å². The number of hydrogen-bond acceptors (Lipinski definition) is 3. The molecule has 128 valence electrons. The van der Waals surface area contributed by atoms with Crippen LogP contribution in [0.5, 0.6) is 5.75 Å². The summed E-state index contributed by atoms with van der Waals surface area (Å²) in [6.45, 7) is 0.129. The van der Waals surface area contributed by atoms with Gasteiger partial charge in [-0.05, 0) is 23.8 Å². The molecule has 5 nitrogen and oxygen atoms in total. The van der Waals surface area contributed by atoms with E-state index in [9.17, 15) is 23.5 Å². The van der Waals surface area contributed by atoms with Crippen molar-refractivity contribution >= 4 is 16.9 Å². The molecule has 1 heterocycles. The molecule has 3 rings (SSSR count). The van der Waals surface area contributed by atoms with Crippen molar-refractivity contribution in [2.75, 3.05) is 7.11 Å². The van der Waals surface area contributed by atoms with E-state index in [0.717, 1.165) is 17.8 Å². The van der Waals surface area contributed by atoms with Crippen LogP contribution in [0.25, 0.3) is 10.9 Å². The molecule has 1 aromatic heterocycles. The van der Waals surface area contributed by atoms with Gasteiger partial charge in [0.1, 0.15) is 22.9 Å². The number of nitrogens with zero attached hydrogens (tertiary/aromatic N) is 1. The van der Waals surface area contributed by atoms with E-state index in [1.54, 1.807) is 24.3 Å². The Hall–Kier alpha value is -3.22. The molecule has 0 saturated heterocycles. The number of carboxylic acids is 1. The third kappa shape index (κ3) is 3.08. The molecular weight excluding hydrogens is 332 g/mol. The zero-order chi connectivity index (χ0) is 18.1. The van der Waals surface area contributed by atoms with E-state index in [-0.39, 0.29) is 12.1 Å². The molecule has 1 N–H and O–H groups in total.